The first kappa shape index (κ1) is 26.1. The van der Waals surface area contributed by atoms with Crippen LogP contribution in [-0.2, 0) is 9.59 Å². The van der Waals surface area contributed by atoms with Crippen LogP contribution in [0.3, 0.4) is 0 Å². The third-order valence-electron chi connectivity index (χ3n) is 6.55. The van der Waals surface area contributed by atoms with Crippen LogP contribution in [0.15, 0.2) is 58.3 Å². The van der Waals surface area contributed by atoms with Gasteiger partial charge in [-0.05, 0) is 62.8 Å². The van der Waals surface area contributed by atoms with Gasteiger partial charge < -0.3 is 20.0 Å². The van der Waals surface area contributed by atoms with E-state index in [1.807, 2.05) is 12.1 Å². The molecule has 0 saturated carbocycles. The Morgan fingerprint density at radius 1 is 0.639 bits per heavy atom. The van der Waals surface area contributed by atoms with Crippen LogP contribution in [0.4, 0.5) is 0 Å². The zero-order chi connectivity index (χ0) is 25.7. The molecule has 2 fully saturated rings. The lowest BCUT2D eigenvalue weighted by atomic mass is 10.0. The van der Waals surface area contributed by atoms with E-state index in [9.17, 15) is 29.4 Å². The topological polar surface area (TPSA) is 115 Å². The number of aliphatic carboxylic acids is 2. The SMILES string of the molecule is O=C(O)C1CCCCN1C(=O)c1ccccc1SSc1ccccc1C(=O)N1CCCCC1C(=O)O. The number of amides is 2. The van der Waals surface area contributed by atoms with E-state index in [4.69, 9.17) is 0 Å². The lowest BCUT2D eigenvalue weighted by Crippen LogP contribution is -2.48. The fraction of sp³-hybridized carbons (Fsp3) is 0.385. The van der Waals surface area contributed by atoms with Gasteiger partial charge in [0.2, 0.25) is 0 Å². The number of rotatable bonds is 7. The van der Waals surface area contributed by atoms with Gasteiger partial charge in [0.1, 0.15) is 12.1 Å². The van der Waals surface area contributed by atoms with Crippen molar-refractivity contribution in [2.75, 3.05) is 13.1 Å². The van der Waals surface area contributed by atoms with Gasteiger partial charge in [-0.1, -0.05) is 45.9 Å². The number of piperidine rings is 2. The number of carbonyl (C=O) groups excluding carboxylic acids is 2. The molecular formula is C26H28N2O6S2. The number of hydrogen-bond acceptors (Lipinski definition) is 6. The molecule has 2 N–H and O–H groups in total. The van der Waals surface area contributed by atoms with Crippen LogP contribution >= 0.6 is 21.6 Å². The van der Waals surface area contributed by atoms with E-state index in [1.165, 1.54) is 31.4 Å². The molecule has 0 spiro atoms. The highest BCUT2D eigenvalue weighted by molar-refractivity contribution is 8.76. The van der Waals surface area contributed by atoms with Crippen LogP contribution in [0, 0.1) is 0 Å². The van der Waals surface area contributed by atoms with Crippen LogP contribution in [0.5, 0.6) is 0 Å². The molecule has 0 radical (unpaired) electrons. The summed E-state index contributed by atoms with van der Waals surface area (Å²) in [5.74, 6) is -2.61. The molecule has 2 aliphatic heterocycles. The summed E-state index contributed by atoms with van der Waals surface area (Å²) in [5.41, 5.74) is 0.850. The molecule has 0 aromatic heterocycles. The van der Waals surface area contributed by atoms with E-state index in [1.54, 1.807) is 36.4 Å². The van der Waals surface area contributed by atoms with Crippen molar-refractivity contribution in [3.8, 4) is 0 Å². The summed E-state index contributed by atoms with van der Waals surface area (Å²) in [5, 5.41) is 19.2. The average Bonchev–Trinajstić information content (AvgIpc) is 2.91. The Hall–Kier alpha value is -2.98. The molecule has 2 amide bonds. The number of benzene rings is 2. The van der Waals surface area contributed by atoms with E-state index in [0.29, 0.717) is 46.8 Å². The highest BCUT2D eigenvalue weighted by Gasteiger charge is 2.34. The summed E-state index contributed by atoms with van der Waals surface area (Å²) in [6.07, 6.45) is 3.96. The first-order valence-electron chi connectivity index (χ1n) is 12.0. The van der Waals surface area contributed by atoms with Crippen LogP contribution in [-0.4, -0.2) is 68.9 Å². The zero-order valence-electron chi connectivity index (χ0n) is 19.7. The molecular weight excluding hydrogens is 500 g/mol. The molecule has 2 aromatic rings. The summed E-state index contributed by atoms with van der Waals surface area (Å²) in [6, 6.07) is 12.5. The highest BCUT2D eigenvalue weighted by atomic mass is 33.1. The minimum atomic E-state index is -0.993. The predicted molar refractivity (Wildman–Crippen MR) is 137 cm³/mol. The second-order valence-corrected chi connectivity index (χ2v) is 11.1. The molecule has 2 aromatic carbocycles. The minimum Gasteiger partial charge on any atom is -0.480 e. The van der Waals surface area contributed by atoms with Crippen molar-refractivity contribution >= 4 is 45.3 Å². The molecule has 2 saturated heterocycles. The Morgan fingerprint density at radius 2 is 1.03 bits per heavy atom. The highest BCUT2D eigenvalue weighted by Crippen LogP contribution is 2.41. The molecule has 8 nitrogen and oxygen atoms in total. The molecule has 2 atom stereocenters. The quantitative estimate of drug-likeness (QED) is 0.499. The molecule has 10 heteroatoms. The van der Waals surface area contributed by atoms with Crippen LogP contribution in [0.25, 0.3) is 0 Å². The maximum absolute atomic E-state index is 13.4. The fourth-order valence-electron chi connectivity index (χ4n) is 4.69. The summed E-state index contributed by atoms with van der Waals surface area (Å²) in [4.78, 5) is 54.4. The van der Waals surface area contributed by atoms with Crippen molar-refractivity contribution in [1.82, 2.24) is 9.80 Å². The molecule has 0 aliphatic carbocycles. The Balaban J connectivity index is 1.54. The van der Waals surface area contributed by atoms with Gasteiger partial charge in [-0.25, -0.2) is 9.59 Å². The van der Waals surface area contributed by atoms with E-state index in [0.717, 1.165) is 25.7 Å². The van der Waals surface area contributed by atoms with Crippen molar-refractivity contribution in [3.05, 3.63) is 59.7 Å². The maximum Gasteiger partial charge on any atom is 0.326 e. The summed E-state index contributed by atoms with van der Waals surface area (Å²) in [6.45, 7) is 0.805. The van der Waals surface area contributed by atoms with E-state index >= 15 is 0 Å². The number of likely N-dealkylation sites (tertiary alicyclic amines) is 2. The Kier molecular flexibility index (Phi) is 8.58. The van der Waals surface area contributed by atoms with Crippen molar-refractivity contribution in [2.45, 2.75) is 60.4 Å². The lowest BCUT2D eigenvalue weighted by molar-refractivity contribution is -0.144. The number of nitrogens with zero attached hydrogens (tertiary/aromatic N) is 2. The van der Waals surface area contributed by atoms with Gasteiger partial charge in [0.25, 0.3) is 11.8 Å². The Labute approximate surface area is 217 Å². The molecule has 190 valence electrons. The number of carbonyl (C=O) groups is 4. The first-order chi connectivity index (χ1) is 17.4. The van der Waals surface area contributed by atoms with Gasteiger partial charge in [0, 0.05) is 22.9 Å². The van der Waals surface area contributed by atoms with Gasteiger partial charge in [0.15, 0.2) is 0 Å². The van der Waals surface area contributed by atoms with Gasteiger partial charge in [-0.15, -0.1) is 0 Å². The monoisotopic (exact) mass is 528 g/mol. The van der Waals surface area contributed by atoms with Crippen molar-refractivity contribution in [1.29, 1.82) is 0 Å². The second-order valence-electron chi connectivity index (χ2n) is 8.86. The molecule has 0 bridgehead atoms. The number of carboxylic acid groups (broad SMARTS) is 2. The van der Waals surface area contributed by atoms with Gasteiger partial charge in [-0.3, -0.25) is 9.59 Å². The zero-order valence-corrected chi connectivity index (χ0v) is 21.3. The normalized spacial score (nSPS) is 20.1. The Bertz CT molecular complexity index is 1070. The van der Waals surface area contributed by atoms with Gasteiger partial charge in [-0.2, -0.15) is 0 Å². The summed E-state index contributed by atoms with van der Waals surface area (Å²) >= 11 is 0. The summed E-state index contributed by atoms with van der Waals surface area (Å²) in [7, 11) is 2.64. The maximum atomic E-state index is 13.4. The van der Waals surface area contributed by atoms with Gasteiger partial charge in [0.05, 0.1) is 11.1 Å². The third kappa shape index (κ3) is 5.70. The van der Waals surface area contributed by atoms with E-state index < -0.39 is 24.0 Å². The number of carboxylic acids is 2. The molecule has 4 rings (SSSR count). The van der Waals surface area contributed by atoms with Crippen molar-refractivity contribution in [3.63, 3.8) is 0 Å². The van der Waals surface area contributed by atoms with Crippen LogP contribution in [0.1, 0.15) is 59.2 Å². The standard InChI is InChI=1S/C26H28N2O6S2/c29-23(27-15-7-5-11-19(27)25(31)32)17-9-1-3-13-21(17)35-36-22-14-4-2-10-18(22)24(30)28-16-8-6-12-20(28)26(33)34/h1-4,9-10,13-14,19-20H,5-8,11-12,15-16H2,(H,31,32)(H,33,34). The van der Waals surface area contributed by atoms with E-state index in [2.05, 4.69) is 0 Å². The molecule has 2 aliphatic rings. The lowest BCUT2D eigenvalue weighted by Gasteiger charge is -2.33. The number of hydrogen-bond donors (Lipinski definition) is 2. The average molecular weight is 529 g/mol. The van der Waals surface area contributed by atoms with Gasteiger partial charge >= 0.3 is 11.9 Å². The fourth-order valence-corrected chi connectivity index (χ4v) is 7.04. The van der Waals surface area contributed by atoms with E-state index in [-0.39, 0.29) is 11.8 Å². The second kappa shape index (κ2) is 11.8. The molecule has 2 heterocycles. The van der Waals surface area contributed by atoms with Crippen molar-refractivity contribution < 1.29 is 29.4 Å². The van der Waals surface area contributed by atoms with Crippen LogP contribution < -0.4 is 0 Å². The molecule has 36 heavy (non-hydrogen) atoms. The van der Waals surface area contributed by atoms with Crippen molar-refractivity contribution in [2.24, 2.45) is 0 Å². The Morgan fingerprint density at radius 3 is 1.42 bits per heavy atom. The third-order valence-corrected chi connectivity index (χ3v) is 9.04. The smallest absolute Gasteiger partial charge is 0.326 e. The molecule has 2 unspecified atom stereocenters. The van der Waals surface area contributed by atoms with Crippen LogP contribution in [0.2, 0.25) is 0 Å². The predicted octanol–water partition coefficient (Wildman–Crippen LogP) is 4.64. The summed E-state index contributed by atoms with van der Waals surface area (Å²) < 4.78 is 0. The largest absolute Gasteiger partial charge is 0.480 e. The first-order valence-corrected chi connectivity index (χ1v) is 14.1. The minimum absolute atomic E-state index is 0.312.